The Morgan fingerprint density at radius 3 is 2.81 bits per heavy atom. The van der Waals surface area contributed by atoms with E-state index in [9.17, 15) is 13.6 Å². The van der Waals surface area contributed by atoms with Crippen LogP contribution in [0.3, 0.4) is 0 Å². The minimum absolute atomic E-state index is 0.0372. The summed E-state index contributed by atoms with van der Waals surface area (Å²) in [6.07, 6.45) is 1.51. The number of nitrogen functional groups attached to an aromatic ring is 1. The van der Waals surface area contributed by atoms with Gasteiger partial charge in [-0.15, -0.1) is 0 Å². The summed E-state index contributed by atoms with van der Waals surface area (Å²) in [5, 5.41) is 2.41. The lowest BCUT2D eigenvalue weighted by molar-refractivity contribution is 0.00575. The normalized spacial score (nSPS) is 11.2. The number of aromatic nitrogens is 3. The minimum Gasteiger partial charge on any atom is -0.383 e. The quantitative estimate of drug-likeness (QED) is 0.816. The SMILES string of the molecule is Cc1cccc(C(F)(F)CNc2ncnc(N)c2C=O)n1. The van der Waals surface area contributed by atoms with Gasteiger partial charge in [0.15, 0.2) is 6.29 Å². The van der Waals surface area contributed by atoms with E-state index in [1.165, 1.54) is 12.1 Å². The number of nitrogens with two attached hydrogens (primary N) is 1. The zero-order chi connectivity index (χ0) is 15.5. The van der Waals surface area contributed by atoms with Crippen molar-refractivity contribution in [3.63, 3.8) is 0 Å². The molecule has 0 aliphatic carbocycles. The summed E-state index contributed by atoms with van der Waals surface area (Å²) in [7, 11) is 0. The van der Waals surface area contributed by atoms with E-state index in [1.54, 1.807) is 13.0 Å². The number of carbonyl (C=O) groups excluding carboxylic acids is 1. The summed E-state index contributed by atoms with van der Waals surface area (Å²) in [5.41, 5.74) is 5.57. The van der Waals surface area contributed by atoms with Crippen LogP contribution in [0.25, 0.3) is 0 Å². The molecule has 0 unspecified atom stereocenters. The van der Waals surface area contributed by atoms with Gasteiger partial charge in [-0.05, 0) is 19.1 Å². The van der Waals surface area contributed by atoms with Crippen molar-refractivity contribution in [1.82, 2.24) is 15.0 Å². The Bertz CT molecular complexity index is 663. The van der Waals surface area contributed by atoms with Crippen LogP contribution >= 0.6 is 0 Å². The molecule has 0 fully saturated rings. The van der Waals surface area contributed by atoms with Crippen molar-refractivity contribution in [1.29, 1.82) is 0 Å². The van der Waals surface area contributed by atoms with Gasteiger partial charge < -0.3 is 11.1 Å². The molecule has 0 spiro atoms. The van der Waals surface area contributed by atoms with Crippen molar-refractivity contribution >= 4 is 17.9 Å². The average Bonchev–Trinajstić information content (AvgIpc) is 2.45. The molecule has 110 valence electrons. The maximum Gasteiger partial charge on any atom is 0.306 e. The standard InChI is InChI=1S/C13H13F2N5O/c1-8-3-2-4-10(20-8)13(14,15)6-17-12-9(5-21)11(16)18-7-19-12/h2-5,7H,6H2,1H3,(H3,16,17,18,19). The Balaban J connectivity index is 2.19. The van der Waals surface area contributed by atoms with E-state index in [0.717, 1.165) is 6.33 Å². The van der Waals surface area contributed by atoms with Crippen molar-refractivity contribution in [2.45, 2.75) is 12.8 Å². The summed E-state index contributed by atoms with van der Waals surface area (Å²) >= 11 is 0. The highest BCUT2D eigenvalue weighted by atomic mass is 19.3. The van der Waals surface area contributed by atoms with Gasteiger partial charge in [0.2, 0.25) is 0 Å². The topological polar surface area (TPSA) is 93.8 Å². The van der Waals surface area contributed by atoms with E-state index in [4.69, 9.17) is 5.73 Å². The maximum absolute atomic E-state index is 14.1. The van der Waals surface area contributed by atoms with Gasteiger partial charge in [-0.2, -0.15) is 8.78 Å². The van der Waals surface area contributed by atoms with Gasteiger partial charge in [-0.25, -0.2) is 9.97 Å². The zero-order valence-electron chi connectivity index (χ0n) is 11.2. The molecule has 0 aromatic carbocycles. The second-order valence-corrected chi connectivity index (χ2v) is 4.36. The lowest BCUT2D eigenvalue weighted by Crippen LogP contribution is -2.27. The summed E-state index contributed by atoms with van der Waals surface area (Å²) in [6.45, 7) is 0.864. The average molecular weight is 293 g/mol. The fourth-order valence-corrected chi connectivity index (χ4v) is 1.70. The number of anilines is 2. The highest BCUT2D eigenvalue weighted by molar-refractivity contribution is 5.88. The van der Waals surface area contributed by atoms with Crippen LogP contribution in [0.4, 0.5) is 20.4 Å². The molecule has 0 atom stereocenters. The molecule has 2 heterocycles. The fraction of sp³-hybridized carbons (Fsp3) is 0.231. The number of pyridine rings is 1. The first-order chi connectivity index (χ1) is 9.94. The Hall–Kier alpha value is -2.64. The minimum atomic E-state index is -3.22. The van der Waals surface area contributed by atoms with Crippen LogP contribution in [-0.4, -0.2) is 27.8 Å². The van der Waals surface area contributed by atoms with Gasteiger partial charge in [-0.1, -0.05) is 6.07 Å². The Morgan fingerprint density at radius 2 is 2.14 bits per heavy atom. The number of nitrogens with one attached hydrogen (secondary N) is 1. The third kappa shape index (κ3) is 3.28. The van der Waals surface area contributed by atoms with Crippen LogP contribution in [0.15, 0.2) is 24.5 Å². The Labute approximate surface area is 119 Å². The summed E-state index contributed by atoms with van der Waals surface area (Å²) in [6, 6.07) is 4.37. The molecule has 0 aliphatic rings. The molecule has 6 nitrogen and oxygen atoms in total. The molecule has 0 radical (unpaired) electrons. The van der Waals surface area contributed by atoms with Crippen LogP contribution in [0.5, 0.6) is 0 Å². The van der Waals surface area contributed by atoms with Crippen LogP contribution in [0.1, 0.15) is 21.7 Å². The lowest BCUT2D eigenvalue weighted by atomic mass is 10.2. The van der Waals surface area contributed by atoms with Gasteiger partial charge in [0.1, 0.15) is 23.7 Å². The van der Waals surface area contributed by atoms with E-state index in [-0.39, 0.29) is 22.9 Å². The van der Waals surface area contributed by atoms with E-state index in [0.29, 0.717) is 12.0 Å². The van der Waals surface area contributed by atoms with Gasteiger partial charge in [0.25, 0.3) is 0 Å². The highest BCUT2D eigenvalue weighted by Gasteiger charge is 2.33. The fourth-order valence-electron chi connectivity index (χ4n) is 1.70. The molecule has 2 rings (SSSR count). The molecule has 0 amide bonds. The summed E-state index contributed by atoms with van der Waals surface area (Å²) in [4.78, 5) is 22.0. The van der Waals surface area contributed by atoms with Crippen LogP contribution in [-0.2, 0) is 5.92 Å². The molecule has 0 saturated carbocycles. The smallest absolute Gasteiger partial charge is 0.306 e. The summed E-state index contributed by atoms with van der Waals surface area (Å²) in [5.74, 6) is -3.32. The van der Waals surface area contributed by atoms with Gasteiger partial charge in [-0.3, -0.25) is 9.78 Å². The third-order valence-electron chi connectivity index (χ3n) is 2.77. The van der Waals surface area contributed by atoms with Crippen molar-refractivity contribution in [2.75, 3.05) is 17.6 Å². The van der Waals surface area contributed by atoms with E-state index >= 15 is 0 Å². The van der Waals surface area contributed by atoms with E-state index < -0.39 is 12.5 Å². The van der Waals surface area contributed by atoms with Gasteiger partial charge in [0.05, 0.1) is 12.1 Å². The molecule has 0 bridgehead atoms. The number of carbonyl (C=O) groups is 1. The maximum atomic E-state index is 14.1. The molecule has 2 aromatic heterocycles. The molecule has 2 aromatic rings. The largest absolute Gasteiger partial charge is 0.383 e. The molecular formula is C13H13F2N5O. The molecular weight excluding hydrogens is 280 g/mol. The molecule has 8 heteroatoms. The third-order valence-corrected chi connectivity index (χ3v) is 2.77. The van der Waals surface area contributed by atoms with Crippen molar-refractivity contribution in [3.05, 3.63) is 41.5 Å². The second kappa shape index (κ2) is 5.78. The van der Waals surface area contributed by atoms with Crippen molar-refractivity contribution < 1.29 is 13.6 Å². The summed E-state index contributed by atoms with van der Waals surface area (Å²) < 4.78 is 28.1. The predicted octanol–water partition coefficient (Wildman–Crippen LogP) is 1.78. The first-order valence-corrected chi connectivity index (χ1v) is 6.05. The van der Waals surface area contributed by atoms with Gasteiger partial charge >= 0.3 is 5.92 Å². The van der Waals surface area contributed by atoms with Crippen LogP contribution < -0.4 is 11.1 Å². The molecule has 0 aliphatic heterocycles. The lowest BCUT2D eigenvalue weighted by Gasteiger charge is -2.17. The number of hydrogen-bond donors (Lipinski definition) is 2. The molecule has 0 saturated heterocycles. The predicted molar refractivity (Wildman–Crippen MR) is 73.2 cm³/mol. The van der Waals surface area contributed by atoms with Crippen molar-refractivity contribution in [3.8, 4) is 0 Å². The number of hydrogen-bond acceptors (Lipinski definition) is 6. The number of aryl methyl sites for hydroxylation is 1. The zero-order valence-corrected chi connectivity index (χ0v) is 11.2. The van der Waals surface area contributed by atoms with Crippen LogP contribution in [0.2, 0.25) is 0 Å². The van der Waals surface area contributed by atoms with E-state index in [2.05, 4.69) is 20.3 Å². The Morgan fingerprint density at radius 1 is 1.38 bits per heavy atom. The Kier molecular flexibility index (Phi) is 4.06. The number of aldehydes is 1. The monoisotopic (exact) mass is 293 g/mol. The highest BCUT2D eigenvalue weighted by Crippen LogP contribution is 2.27. The number of rotatable bonds is 5. The van der Waals surface area contributed by atoms with Gasteiger partial charge in [0, 0.05) is 5.69 Å². The van der Waals surface area contributed by atoms with Crippen molar-refractivity contribution in [2.24, 2.45) is 0 Å². The van der Waals surface area contributed by atoms with Crippen LogP contribution in [0, 0.1) is 6.92 Å². The molecule has 21 heavy (non-hydrogen) atoms. The molecule has 3 N–H and O–H groups in total. The van der Waals surface area contributed by atoms with E-state index in [1.807, 2.05) is 0 Å². The number of nitrogens with zero attached hydrogens (tertiary/aromatic N) is 3. The first-order valence-electron chi connectivity index (χ1n) is 6.05. The first kappa shape index (κ1) is 14.8. The number of alkyl halides is 2. The second-order valence-electron chi connectivity index (χ2n) is 4.36. The number of halogens is 2.